The molecule has 0 saturated carbocycles. The molecule has 0 fully saturated rings. The number of hydrogen-bond donors (Lipinski definition) is 1. The predicted octanol–water partition coefficient (Wildman–Crippen LogP) is 2.65. The van der Waals surface area contributed by atoms with Crippen molar-refractivity contribution >= 4 is 40.1 Å². The van der Waals surface area contributed by atoms with Gasteiger partial charge in [0, 0.05) is 41.0 Å². The van der Waals surface area contributed by atoms with E-state index < -0.39 is 0 Å². The van der Waals surface area contributed by atoms with Crippen molar-refractivity contribution in [3.05, 3.63) is 50.6 Å². The van der Waals surface area contributed by atoms with Gasteiger partial charge in [-0.05, 0) is 40.8 Å². The third-order valence-corrected chi connectivity index (χ3v) is 3.90. The Morgan fingerprint density at radius 2 is 2.32 bits per heavy atom. The lowest BCUT2D eigenvalue weighted by molar-refractivity contribution is 0.0953. The maximum atomic E-state index is 12.0. The second-order valence-corrected chi connectivity index (χ2v) is 5.68. The maximum absolute atomic E-state index is 12.0. The van der Waals surface area contributed by atoms with Gasteiger partial charge in [-0.2, -0.15) is 0 Å². The van der Waals surface area contributed by atoms with Crippen molar-refractivity contribution in [1.82, 2.24) is 14.9 Å². The molecule has 1 N–H and O–H groups in total. The number of hydrogen-bond acceptors (Lipinski definition) is 2. The number of nitrogens with one attached hydrogen (secondary N) is 1. The van der Waals surface area contributed by atoms with Crippen LogP contribution >= 0.6 is 34.2 Å². The summed E-state index contributed by atoms with van der Waals surface area (Å²) in [5.74, 6) is 0.835. The van der Waals surface area contributed by atoms with E-state index in [0.29, 0.717) is 23.6 Å². The van der Waals surface area contributed by atoms with Crippen LogP contribution in [0.25, 0.3) is 0 Å². The fourth-order valence-corrected chi connectivity index (χ4v) is 2.44. The van der Waals surface area contributed by atoms with Crippen molar-refractivity contribution in [2.45, 2.75) is 6.42 Å². The molecule has 4 nitrogen and oxygen atoms in total. The molecular weight excluding hydrogens is 377 g/mol. The Labute approximate surface area is 130 Å². The van der Waals surface area contributed by atoms with Crippen LogP contribution in [0.5, 0.6) is 0 Å². The lowest BCUT2D eigenvalue weighted by Crippen LogP contribution is -2.27. The Morgan fingerprint density at radius 1 is 1.53 bits per heavy atom. The standard InChI is InChI=1S/C13H13ClIN3O/c1-18-7-6-16-12(18)4-5-17-13(19)10-8-9(14)2-3-11(10)15/h2-3,6-8H,4-5H2,1H3,(H,17,19). The van der Waals surface area contributed by atoms with E-state index >= 15 is 0 Å². The van der Waals surface area contributed by atoms with Crippen LogP contribution in [-0.2, 0) is 13.5 Å². The zero-order chi connectivity index (χ0) is 13.8. The highest BCUT2D eigenvalue weighted by atomic mass is 127. The zero-order valence-corrected chi connectivity index (χ0v) is 13.3. The molecule has 0 bridgehead atoms. The van der Waals surface area contributed by atoms with Gasteiger partial charge in [0.05, 0.1) is 5.56 Å². The lowest BCUT2D eigenvalue weighted by Gasteiger charge is -2.07. The highest BCUT2D eigenvalue weighted by Crippen LogP contribution is 2.17. The van der Waals surface area contributed by atoms with E-state index in [2.05, 4.69) is 32.9 Å². The Balaban J connectivity index is 1.94. The Bertz CT molecular complexity index is 597. The molecule has 1 aromatic heterocycles. The van der Waals surface area contributed by atoms with Gasteiger partial charge in [-0.15, -0.1) is 0 Å². The van der Waals surface area contributed by atoms with Crippen LogP contribution in [0.1, 0.15) is 16.2 Å². The molecule has 2 rings (SSSR count). The molecule has 1 aromatic carbocycles. The number of rotatable bonds is 4. The fourth-order valence-electron chi connectivity index (χ4n) is 1.69. The number of halogens is 2. The normalized spacial score (nSPS) is 10.5. The third-order valence-electron chi connectivity index (χ3n) is 2.73. The van der Waals surface area contributed by atoms with Gasteiger partial charge < -0.3 is 9.88 Å². The van der Waals surface area contributed by atoms with Crippen molar-refractivity contribution < 1.29 is 4.79 Å². The van der Waals surface area contributed by atoms with Crippen LogP contribution in [0.2, 0.25) is 5.02 Å². The van der Waals surface area contributed by atoms with E-state index in [1.54, 1.807) is 18.3 Å². The molecule has 0 spiro atoms. The van der Waals surface area contributed by atoms with Crippen molar-refractivity contribution in [3.8, 4) is 0 Å². The van der Waals surface area contributed by atoms with E-state index in [0.717, 1.165) is 9.39 Å². The molecule has 0 aliphatic rings. The summed E-state index contributed by atoms with van der Waals surface area (Å²) in [4.78, 5) is 16.2. The highest BCUT2D eigenvalue weighted by Gasteiger charge is 2.10. The summed E-state index contributed by atoms with van der Waals surface area (Å²) in [6.45, 7) is 0.548. The smallest absolute Gasteiger partial charge is 0.252 e. The SMILES string of the molecule is Cn1ccnc1CCNC(=O)c1cc(Cl)ccc1I. The largest absolute Gasteiger partial charge is 0.352 e. The van der Waals surface area contributed by atoms with Gasteiger partial charge in [0.1, 0.15) is 5.82 Å². The van der Waals surface area contributed by atoms with Crippen molar-refractivity contribution in [2.75, 3.05) is 6.54 Å². The summed E-state index contributed by atoms with van der Waals surface area (Å²) >= 11 is 8.02. The van der Waals surface area contributed by atoms with Gasteiger partial charge in [-0.1, -0.05) is 11.6 Å². The average Bonchev–Trinajstić information content (AvgIpc) is 2.78. The Kier molecular flexibility index (Phi) is 4.81. The number of carbonyl (C=O) groups excluding carboxylic acids is 1. The van der Waals surface area contributed by atoms with E-state index in [4.69, 9.17) is 11.6 Å². The predicted molar refractivity (Wildman–Crippen MR) is 83.4 cm³/mol. The van der Waals surface area contributed by atoms with Crippen molar-refractivity contribution in [1.29, 1.82) is 0 Å². The minimum absolute atomic E-state index is 0.110. The molecule has 0 atom stereocenters. The molecule has 0 saturated heterocycles. The van der Waals surface area contributed by atoms with Gasteiger partial charge in [0.15, 0.2) is 0 Å². The summed E-state index contributed by atoms with van der Waals surface area (Å²) in [6.07, 6.45) is 4.33. The molecular formula is C13H13ClIN3O. The molecule has 0 aliphatic carbocycles. The summed E-state index contributed by atoms with van der Waals surface area (Å²) in [7, 11) is 1.93. The summed E-state index contributed by atoms with van der Waals surface area (Å²) < 4.78 is 2.83. The van der Waals surface area contributed by atoms with Crippen LogP contribution in [-0.4, -0.2) is 22.0 Å². The number of amides is 1. The second-order valence-electron chi connectivity index (χ2n) is 4.08. The lowest BCUT2D eigenvalue weighted by atomic mass is 10.2. The van der Waals surface area contributed by atoms with Crippen LogP contribution in [0.15, 0.2) is 30.6 Å². The van der Waals surface area contributed by atoms with E-state index in [1.165, 1.54) is 0 Å². The number of carbonyl (C=O) groups is 1. The fraction of sp³-hybridized carbons (Fsp3) is 0.231. The maximum Gasteiger partial charge on any atom is 0.252 e. The topological polar surface area (TPSA) is 46.9 Å². The number of aryl methyl sites for hydroxylation is 1. The van der Waals surface area contributed by atoms with Crippen LogP contribution in [0.3, 0.4) is 0 Å². The molecule has 0 unspecified atom stereocenters. The van der Waals surface area contributed by atoms with Gasteiger partial charge in [0.25, 0.3) is 5.91 Å². The quantitative estimate of drug-likeness (QED) is 0.817. The number of benzene rings is 1. The van der Waals surface area contributed by atoms with E-state index in [1.807, 2.05) is 23.9 Å². The number of nitrogens with zero attached hydrogens (tertiary/aromatic N) is 2. The van der Waals surface area contributed by atoms with Gasteiger partial charge in [0.2, 0.25) is 0 Å². The zero-order valence-electron chi connectivity index (χ0n) is 10.4. The molecule has 6 heteroatoms. The monoisotopic (exact) mass is 389 g/mol. The average molecular weight is 390 g/mol. The first-order valence-corrected chi connectivity index (χ1v) is 7.23. The molecule has 0 radical (unpaired) electrons. The molecule has 1 heterocycles. The first kappa shape index (κ1) is 14.3. The molecule has 100 valence electrons. The minimum Gasteiger partial charge on any atom is -0.352 e. The minimum atomic E-state index is -0.110. The molecule has 1 amide bonds. The summed E-state index contributed by atoms with van der Waals surface area (Å²) in [5, 5.41) is 3.44. The second kappa shape index (κ2) is 6.38. The van der Waals surface area contributed by atoms with Crippen LogP contribution < -0.4 is 5.32 Å². The first-order valence-electron chi connectivity index (χ1n) is 5.77. The van der Waals surface area contributed by atoms with E-state index in [9.17, 15) is 4.79 Å². The van der Waals surface area contributed by atoms with Gasteiger partial charge in [-0.25, -0.2) is 4.98 Å². The van der Waals surface area contributed by atoms with E-state index in [-0.39, 0.29) is 5.91 Å². The molecule has 0 aliphatic heterocycles. The molecule has 19 heavy (non-hydrogen) atoms. The summed E-state index contributed by atoms with van der Waals surface area (Å²) in [5.41, 5.74) is 0.605. The first-order chi connectivity index (χ1) is 9.08. The van der Waals surface area contributed by atoms with Gasteiger partial charge >= 0.3 is 0 Å². The Hall–Kier alpha value is -1.08. The van der Waals surface area contributed by atoms with Crippen LogP contribution in [0, 0.1) is 3.57 Å². The van der Waals surface area contributed by atoms with Gasteiger partial charge in [-0.3, -0.25) is 4.79 Å². The highest BCUT2D eigenvalue weighted by molar-refractivity contribution is 14.1. The Morgan fingerprint density at radius 3 is 3.00 bits per heavy atom. The van der Waals surface area contributed by atoms with Crippen LogP contribution in [0.4, 0.5) is 0 Å². The number of imidazole rings is 1. The number of aromatic nitrogens is 2. The van der Waals surface area contributed by atoms with Crippen molar-refractivity contribution in [3.63, 3.8) is 0 Å². The summed E-state index contributed by atoms with van der Waals surface area (Å²) in [6, 6.07) is 5.28. The van der Waals surface area contributed by atoms with Crippen molar-refractivity contribution in [2.24, 2.45) is 7.05 Å². The third kappa shape index (κ3) is 3.70. The molecule has 2 aromatic rings.